The molecular weight excluding hydrogens is 221 g/mol. The van der Waals surface area contributed by atoms with Crippen molar-refractivity contribution in [2.75, 3.05) is 20.1 Å². The molecule has 1 fully saturated rings. The maximum absolute atomic E-state index is 12.8. The van der Waals surface area contributed by atoms with Crippen LogP contribution in [0, 0.1) is 5.95 Å². The van der Waals surface area contributed by atoms with Gasteiger partial charge in [0.15, 0.2) is 0 Å². The fourth-order valence-corrected chi connectivity index (χ4v) is 1.67. The van der Waals surface area contributed by atoms with Gasteiger partial charge in [-0.15, -0.1) is 0 Å². The van der Waals surface area contributed by atoms with E-state index in [4.69, 9.17) is 0 Å². The normalized spacial score (nSPS) is 15.0. The molecule has 1 aliphatic rings. The molecule has 4 nitrogen and oxygen atoms in total. The van der Waals surface area contributed by atoms with E-state index in [1.165, 1.54) is 31.0 Å². The molecule has 0 atom stereocenters. The fourth-order valence-electron chi connectivity index (χ4n) is 1.67. The first-order valence-corrected chi connectivity index (χ1v) is 5.78. The van der Waals surface area contributed by atoms with E-state index in [1.54, 1.807) is 0 Å². The predicted octanol–water partition coefficient (Wildman–Crippen LogP) is 1.04. The zero-order valence-corrected chi connectivity index (χ0v) is 9.82. The lowest BCUT2D eigenvalue weighted by Gasteiger charge is -2.15. The zero-order valence-electron chi connectivity index (χ0n) is 9.82. The van der Waals surface area contributed by atoms with Crippen molar-refractivity contribution in [3.05, 3.63) is 29.8 Å². The Morgan fingerprint density at radius 1 is 1.59 bits per heavy atom. The van der Waals surface area contributed by atoms with Crippen LogP contribution in [0.5, 0.6) is 0 Å². The first-order valence-electron chi connectivity index (χ1n) is 5.78. The van der Waals surface area contributed by atoms with Crippen molar-refractivity contribution in [2.45, 2.75) is 18.9 Å². The van der Waals surface area contributed by atoms with Gasteiger partial charge in [-0.05, 0) is 32.0 Å². The number of nitrogens with zero attached hydrogens (tertiary/aromatic N) is 2. The molecule has 2 rings (SSSR count). The molecule has 0 radical (unpaired) electrons. The van der Waals surface area contributed by atoms with Gasteiger partial charge in [-0.2, -0.15) is 4.39 Å². The standard InChI is InChI=1S/C12H16FN3O/c1-16(9-5-6-9)8-7-14-12(17)10-3-2-4-11(13)15-10/h2-4,9H,5-8H2,1H3,(H,14,17). The van der Waals surface area contributed by atoms with E-state index in [0.29, 0.717) is 12.6 Å². The minimum absolute atomic E-state index is 0.124. The number of carbonyl (C=O) groups excluding carboxylic acids is 1. The summed E-state index contributed by atoms with van der Waals surface area (Å²) < 4.78 is 12.8. The van der Waals surface area contributed by atoms with Crippen molar-refractivity contribution in [1.82, 2.24) is 15.2 Å². The summed E-state index contributed by atoms with van der Waals surface area (Å²) in [5, 5.41) is 2.73. The minimum Gasteiger partial charge on any atom is -0.349 e. The van der Waals surface area contributed by atoms with E-state index in [1.807, 2.05) is 7.05 Å². The number of likely N-dealkylation sites (N-methyl/N-ethyl adjacent to an activating group) is 1. The predicted molar refractivity (Wildman–Crippen MR) is 62.2 cm³/mol. The molecule has 1 saturated carbocycles. The number of hydrogen-bond donors (Lipinski definition) is 1. The van der Waals surface area contributed by atoms with Crippen molar-refractivity contribution in [3.63, 3.8) is 0 Å². The number of aromatic nitrogens is 1. The van der Waals surface area contributed by atoms with Crippen LogP contribution in [-0.4, -0.2) is 42.0 Å². The Kier molecular flexibility index (Phi) is 3.68. The monoisotopic (exact) mass is 237 g/mol. The molecule has 1 aliphatic carbocycles. The first kappa shape index (κ1) is 12.0. The lowest BCUT2D eigenvalue weighted by Crippen LogP contribution is -2.34. The van der Waals surface area contributed by atoms with Crippen molar-refractivity contribution in [3.8, 4) is 0 Å². The van der Waals surface area contributed by atoms with Crippen LogP contribution in [0.1, 0.15) is 23.3 Å². The minimum atomic E-state index is -0.632. The van der Waals surface area contributed by atoms with Gasteiger partial charge in [0, 0.05) is 19.1 Å². The third-order valence-corrected chi connectivity index (χ3v) is 2.87. The Morgan fingerprint density at radius 3 is 3.00 bits per heavy atom. The number of pyridine rings is 1. The molecule has 1 heterocycles. The second-order valence-electron chi connectivity index (χ2n) is 4.31. The van der Waals surface area contributed by atoms with Gasteiger partial charge in [-0.1, -0.05) is 6.07 Å². The summed E-state index contributed by atoms with van der Waals surface area (Å²) in [5.74, 6) is -0.957. The first-order chi connectivity index (χ1) is 8.16. The van der Waals surface area contributed by atoms with Crippen LogP contribution >= 0.6 is 0 Å². The van der Waals surface area contributed by atoms with Crippen LogP contribution in [0.25, 0.3) is 0 Å². The number of carbonyl (C=O) groups is 1. The van der Waals surface area contributed by atoms with Crippen molar-refractivity contribution in [2.24, 2.45) is 0 Å². The molecule has 5 heteroatoms. The number of hydrogen-bond acceptors (Lipinski definition) is 3. The van der Waals surface area contributed by atoms with Gasteiger partial charge in [-0.25, -0.2) is 4.98 Å². The molecular formula is C12H16FN3O. The molecule has 92 valence electrons. The smallest absolute Gasteiger partial charge is 0.270 e. The van der Waals surface area contributed by atoms with Gasteiger partial charge in [-0.3, -0.25) is 4.79 Å². The summed E-state index contributed by atoms with van der Waals surface area (Å²) in [4.78, 5) is 17.4. The Morgan fingerprint density at radius 2 is 2.35 bits per heavy atom. The van der Waals surface area contributed by atoms with Crippen LogP contribution in [0.2, 0.25) is 0 Å². The van der Waals surface area contributed by atoms with Crippen molar-refractivity contribution < 1.29 is 9.18 Å². The quantitative estimate of drug-likeness (QED) is 0.778. The molecule has 1 aromatic heterocycles. The lowest BCUT2D eigenvalue weighted by atomic mass is 10.3. The summed E-state index contributed by atoms with van der Waals surface area (Å²) in [6.07, 6.45) is 2.49. The highest BCUT2D eigenvalue weighted by molar-refractivity contribution is 5.92. The molecule has 0 unspecified atom stereocenters. The molecule has 0 spiro atoms. The van der Waals surface area contributed by atoms with E-state index >= 15 is 0 Å². The van der Waals surface area contributed by atoms with E-state index in [9.17, 15) is 9.18 Å². The highest BCUT2D eigenvalue weighted by Gasteiger charge is 2.25. The number of halogens is 1. The zero-order chi connectivity index (χ0) is 12.3. The van der Waals surface area contributed by atoms with Crippen molar-refractivity contribution in [1.29, 1.82) is 0 Å². The highest BCUT2D eigenvalue weighted by Crippen LogP contribution is 2.24. The van der Waals surface area contributed by atoms with Crippen LogP contribution in [0.4, 0.5) is 4.39 Å². The molecule has 0 aromatic carbocycles. The summed E-state index contributed by atoms with van der Waals surface area (Å²) in [5.41, 5.74) is 0.124. The van der Waals surface area contributed by atoms with E-state index in [-0.39, 0.29) is 11.6 Å². The third kappa shape index (κ3) is 3.49. The summed E-state index contributed by atoms with van der Waals surface area (Å²) in [6, 6.07) is 4.88. The topological polar surface area (TPSA) is 45.2 Å². The van der Waals surface area contributed by atoms with Crippen LogP contribution in [-0.2, 0) is 0 Å². The Hall–Kier alpha value is -1.49. The molecule has 1 N–H and O–H groups in total. The molecule has 1 amide bonds. The Labute approximate surface area is 99.8 Å². The number of amides is 1. The largest absolute Gasteiger partial charge is 0.349 e. The van der Waals surface area contributed by atoms with Crippen LogP contribution in [0.3, 0.4) is 0 Å². The van der Waals surface area contributed by atoms with Crippen LogP contribution < -0.4 is 5.32 Å². The summed E-state index contributed by atoms with van der Waals surface area (Å²) >= 11 is 0. The summed E-state index contributed by atoms with van der Waals surface area (Å²) in [6.45, 7) is 1.37. The van der Waals surface area contributed by atoms with Gasteiger partial charge in [0.1, 0.15) is 5.69 Å². The van der Waals surface area contributed by atoms with Gasteiger partial charge in [0.2, 0.25) is 5.95 Å². The lowest BCUT2D eigenvalue weighted by molar-refractivity contribution is 0.0943. The average Bonchev–Trinajstić information content (AvgIpc) is 3.12. The third-order valence-electron chi connectivity index (χ3n) is 2.87. The van der Waals surface area contributed by atoms with E-state index < -0.39 is 5.95 Å². The number of nitrogens with one attached hydrogen (secondary N) is 1. The second kappa shape index (κ2) is 5.23. The molecule has 0 bridgehead atoms. The van der Waals surface area contributed by atoms with Crippen molar-refractivity contribution >= 4 is 5.91 Å². The number of rotatable bonds is 5. The second-order valence-corrected chi connectivity index (χ2v) is 4.31. The average molecular weight is 237 g/mol. The molecule has 0 saturated heterocycles. The molecule has 17 heavy (non-hydrogen) atoms. The summed E-state index contributed by atoms with van der Waals surface area (Å²) in [7, 11) is 2.05. The fraction of sp³-hybridized carbons (Fsp3) is 0.500. The SMILES string of the molecule is CN(CCNC(=O)c1cccc(F)n1)C1CC1. The molecule has 0 aliphatic heterocycles. The molecule has 1 aromatic rings. The van der Waals surface area contributed by atoms with E-state index in [0.717, 1.165) is 6.54 Å². The Bertz CT molecular complexity index is 406. The maximum Gasteiger partial charge on any atom is 0.270 e. The highest BCUT2D eigenvalue weighted by atomic mass is 19.1. The van der Waals surface area contributed by atoms with Gasteiger partial charge in [0.05, 0.1) is 0 Å². The van der Waals surface area contributed by atoms with Crippen LogP contribution in [0.15, 0.2) is 18.2 Å². The van der Waals surface area contributed by atoms with Gasteiger partial charge < -0.3 is 10.2 Å². The van der Waals surface area contributed by atoms with Gasteiger partial charge in [0.25, 0.3) is 5.91 Å². The van der Waals surface area contributed by atoms with Gasteiger partial charge >= 0.3 is 0 Å². The Balaban J connectivity index is 1.76. The van der Waals surface area contributed by atoms with E-state index in [2.05, 4.69) is 15.2 Å². The maximum atomic E-state index is 12.8.